The van der Waals surface area contributed by atoms with Crippen LogP contribution < -0.4 is 10.1 Å². The Morgan fingerprint density at radius 2 is 1.69 bits per heavy atom. The molecule has 1 amide bonds. The lowest BCUT2D eigenvalue weighted by Gasteiger charge is -2.19. The maximum Gasteiger partial charge on any atom is 0.251 e. The largest absolute Gasteiger partial charge is 0.496 e. The molecule has 1 N–H and O–H groups in total. The SMILES string of the molecule is COc1ccccc1CNC(=O)c1ccc(CN2CCCCCC2)cc1. The molecule has 2 aromatic carbocycles. The molecule has 1 aliphatic rings. The van der Waals surface area contributed by atoms with E-state index in [1.807, 2.05) is 36.4 Å². The number of nitrogens with one attached hydrogen (secondary N) is 1. The molecule has 0 aliphatic carbocycles. The number of carbonyl (C=O) groups is 1. The van der Waals surface area contributed by atoms with Crippen molar-refractivity contribution in [2.24, 2.45) is 0 Å². The van der Waals surface area contributed by atoms with Crippen molar-refractivity contribution >= 4 is 5.91 Å². The molecule has 0 atom stereocenters. The zero-order valence-corrected chi connectivity index (χ0v) is 15.5. The van der Waals surface area contributed by atoms with Crippen LogP contribution in [-0.2, 0) is 13.1 Å². The van der Waals surface area contributed by atoms with E-state index in [-0.39, 0.29) is 5.91 Å². The van der Waals surface area contributed by atoms with E-state index in [1.54, 1.807) is 7.11 Å². The summed E-state index contributed by atoms with van der Waals surface area (Å²) in [4.78, 5) is 14.9. The van der Waals surface area contributed by atoms with Crippen molar-refractivity contribution in [3.8, 4) is 5.75 Å². The van der Waals surface area contributed by atoms with Gasteiger partial charge in [-0.05, 0) is 49.7 Å². The smallest absolute Gasteiger partial charge is 0.251 e. The minimum Gasteiger partial charge on any atom is -0.496 e. The maximum atomic E-state index is 12.4. The minimum absolute atomic E-state index is 0.0581. The zero-order chi connectivity index (χ0) is 18.2. The van der Waals surface area contributed by atoms with Crippen molar-refractivity contribution in [1.82, 2.24) is 10.2 Å². The molecule has 0 aromatic heterocycles. The van der Waals surface area contributed by atoms with Crippen LogP contribution in [0.4, 0.5) is 0 Å². The van der Waals surface area contributed by atoms with E-state index in [0.29, 0.717) is 12.1 Å². The number of hydrogen-bond acceptors (Lipinski definition) is 3. The first kappa shape index (κ1) is 18.5. The maximum absolute atomic E-state index is 12.4. The van der Waals surface area contributed by atoms with E-state index in [4.69, 9.17) is 4.74 Å². The van der Waals surface area contributed by atoms with Gasteiger partial charge in [0, 0.05) is 24.2 Å². The Bertz CT molecular complexity index is 704. The van der Waals surface area contributed by atoms with Gasteiger partial charge in [0.05, 0.1) is 7.11 Å². The van der Waals surface area contributed by atoms with E-state index in [0.717, 1.165) is 17.9 Å². The number of hydrogen-bond donors (Lipinski definition) is 1. The molecule has 1 saturated heterocycles. The lowest BCUT2D eigenvalue weighted by Crippen LogP contribution is -2.24. The van der Waals surface area contributed by atoms with Gasteiger partial charge in [0.1, 0.15) is 5.75 Å². The highest BCUT2D eigenvalue weighted by Crippen LogP contribution is 2.17. The van der Waals surface area contributed by atoms with Crippen molar-refractivity contribution in [2.45, 2.75) is 38.8 Å². The van der Waals surface area contributed by atoms with Crippen LogP contribution in [-0.4, -0.2) is 31.0 Å². The van der Waals surface area contributed by atoms with Crippen LogP contribution in [0.15, 0.2) is 48.5 Å². The minimum atomic E-state index is -0.0581. The van der Waals surface area contributed by atoms with Gasteiger partial charge in [0.15, 0.2) is 0 Å². The summed E-state index contributed by atoms with van der Waals surface area (Å²) in [6, 6.07) is 15.7. The third-order valence-corrected chi connectivity index (χ3v) is 4.95. The first-order valence-electron chi connectivity index (χ1n) is 9.47. The number of carbonyl (C=O) groups excluding carboxylic acids is 1. The topological polar surface area (TPSA) is 41.6 Å². The van der Waals surface area contributed by atoms with Gasteiger partial charge in [0.2, 0.25) is 0 Å². The number of benzene rings is 2. The van der Waals surface area contributed by atoms with Crippen LogP contribution in [0.5, 0.6) is 5.75 Å². The Morgan fingerprint density at radius 3 is 2.38 bits per heavy atom. The standard InChI is InChI=1S/C22H28N2O2/c1-26-21-9-5-4-8-20(21)16-23-22(25)19-12-10-18(11-13-19)17-24-14-6-2-3-7-15-24/h4-5,8-13H,2-3,6-7,14-17H2,1H3,(H,23,25). The fourth-order valence-electron chi connectivity index (χ4n) is 3.44. The molecule has 26 heavy (non-hydrogen) atoms. The first-order valence-corrected chi connectivity index (χ1v) is 9.47. The van der Waals surface area contributed by atoms with E-state index >= 15 is 0 Å². The summed E-state index contributed by atoms with van der Waals surface area (Å²) in [7, 11) is 1.64. The van der Waals surface area contributed by atoms with Crippen LogP contribution in [0.3, 0.4) is 0 Å². The molecule has 2 aromatic rings. The molecule has 3 rings (SSSR count). The monoisotopic (exact) mass is 352 g/mol. The average molecular weight is 352 g/mol. The highest BCUT2D eigenvalue weighted by atomic mass is 16.5. The second-order valence-corrected chi connectivity index (χ2v) is 6.88. The third kappa shape index (κ3) is 5.09. The molecular weight excluding hydrogens is 324 g/mol. The molecule has 0 bridgehead atoms. The molecule has 0 radical (unpaired) electrons. The summed E-state index contributed by atoms with van der Waals surface area (Å²) in [5, 5.41) is 2.97. The number of amides is 1. The molecule has 4 nitrogen and oxygen atoms in total. The van der Waals surface area contributed by atoms with Gasteiger partial charge in [-0.1, -0.05) is 43.2 Å². The highest BCUT2D eigenvalue weighted by molar-refractivity contribution is 5.94. The van der Waals surface area contributed by atoms with Gasteiger partial charge in [-0.2, -0.15) is 0 Å². The van der Waals surface area contributed by atoms with Gasteiger partial charge in [-0.25, -0.2) is 0 Å². The Kier molecular flexibility index (Phi) is 6.67. The summed E-state index contributed by atoms with van der Waals surface area (Å²) in [6.07, 6.45) is 5.29. The summed E-state index contributed by atoms with van der Waals surface area (Å²) < 4.78 is 5.32. The molecular formula is C22H28N2O2. The Balaban J connectivity index is 1.54. The number of ether oxygens (including phenoxy) is 1. The third-order valence-electron chi connectivity index (χ3n) is 4.95. The van der Waals surface area contributed by atoms with Crippen molar-refractivity contribution in [2.75, 3.05) is 20.2 Å². The van der Waals surface area contributed by atoms with Crippen molar-refractivity contribution in [3.63, 3.8) is 0 Å². The van der Waals surface area contributed by atoms with E-state index in [1.165, 1.54) is 44.3 Å². The van der Waals surface area contributed by atoms with Gasteiger partial charge in [-0.3, -0.25) is 9.69 Å². The van der Waals surface area contributed by atoms with Gasteiger partial charge < -0.3 is 10.1 Å². The van der Waals surface area contributed by atoms with Crippen LogP contribution in [0.2, 0.25) is 0 Å². The second kappa shape index (κ2) is 9.39. The van der Waals surface area contributed by atoms with E-state index in [2.05, 4.69) is 22.3 Å². The van der Waals surface area contributed by atoms with Gasteiger partial charge >= 0.3 is 0 Å². The fourth-order valence-corrected chi connectivity index (χ4v) is 3.44. The average Bonchev–Trinajstić information content (AvgIpc) is 2.95. The van der Waals surface area contributed by atoms with E-state index in [9.17, 15) is 4.79 Å². The molecule has 1 aliphatic heterocycles. The summed E-state index contributed by atoms with van der Waals surface area (Å²) >= 11 is 0. The number of nitrogens with zero attached hydrogens (tertiary/aromatic N) is 1. The van der Waals surface area contributed by atoms with Gasteiger partial charge in [0.25, 0.3) is 5.91 Å². The lowest BCUT2D eigenvalue weighted by atomic mass is 10.1. The Labute approximate surface area is 156 Å². The highest BCUT2D eigenvalue weighted by Gasteiger charge is 2.11. The lowest BCUT2D eigenvalue weighted by molar-refractivity contribution is 0.0950. The summed E-state index contributed by atoms with van der Waals surface area (Å²) in [5.74, 6) is 0.734. The summed E-state index contributed by atoms with van der Waals surface area (Å²) in [6.45, 7) is 3.80. The van der Waals surface area contributed by atoms with Gasteiger partial charge in [-0.15, -0.1) is 0 Å². The first-order chi connectivity index (χ1) is 12.8. The zero-order valence-electron chi connectivity index (χ0n) is 15.5. The van der Waals surface area contributed by atoms with Crippen LogP contribution in [0.1, 0.15) is 47.2 Å². The van der Waals surface area contributed by atoms with Crippen molar-refractivity contribution < 1.29 is 9.53 Å². The van der Waals surface area contributed by atoms with Crippen LogP contribution in [0, 0.1) is 0 Å². The number of likely N-dealkylation sites (tertiary alicyclic amines) is 1. The molecule has 1 fully saturated rings. The molecule has 138 valence electrons. The predicted molar refractivity (Wildman–Crippen MR) is 104 cm³/mol. The number of rotatable bonds is 6. The normalized spacial score (nSPS) is 15.3. The molecule has 0 unspecified atom stereocenters. The number of para-hydroxylation sites is 1. The summed E-state index contributed by atoms with van der Waals surface area (Å²) in [5.41, 5.74) is 2.94. The quantitative estimate of drug-likeness (QED) is 0.854. The molecule has 4 heteroatoms. The number of methoxy groups -OCH3 is 1. The molecule has 0 spiro atoms. The molecule has 0 saturated carbocycles. The van der Waals surface area contributed by atoms with Crippen LogP contribution in [0.25, 0.3) is 0 Å². The Morgan fingerprint density at radius 1 is 1.00 bits per heavy atom. The van der Waals surface area contributed by atoms with Crippen molar-refractivity contribution in [3.05, 3.63) is 65.2 Å². The molecule has 1 heterocycles. The predicted octanol–water partition coefficient (Wildman–Crippen LogP) is 4.00. The van der Waals surface area contributed by atoms with Crippen LogP contribution >= 0.6 is 0 Å². The second-order valence-electron chi connectivity index (χ2n) is 6.88. The Hall–Kier alpha value is -2.33. The van der Waals surface area contributed by atoms with Crippen molar-refractivity contribution in [1.29, 1.82) is 0 Å². The fraction of sp³-hybridized carbons (Fsp3) is 0.409. The van der Waals surface area contributed by atoms with E-state index < -0.39 is 0 Å².